The van der Waals surface area contributed by atoms with Crippen molar-refractivity contribution in [2.75, 3.05) is 6.61 Å². The lowest BCUT2D eigenvalue weighted by molar-refractivity contribution is 0.111. The number of alkyl carbamates (subject to hydrolysis) is 1. The van der Waals surface area contributed by atoms with Gasteiger partial charge in [0.05, 0.1) is 12.6 Å². The van der Waals surface area contributed by atoms with Crippen LogP contribution in [0.25, 0.3) is 0 Å². The lowest BCUT2D eigenvalue weighted by Gasteiger charge is -2.14. The first kappa shape index (κ1) is 20.3. The van der Waals surface area contributed by atoms with Gasteiger partial charge in [0.15, 0.2) is 0 Å². The molecule has 1 fully saturated rings. The van der Waals surface area contributed by atoms with Crippen LogP contribution in [-0.2, 0) is 4.74 Å². The number of unbranched alkanes of at least 4 members (excludes halogenated alkanes) is 12. The van der Waals surface area contributed by atoms with E-state index < -0.39 is 0 Å². The molecule has 4 heteroatoms. The molecule has 2 atom stereocenters. The van der Waals surface area contributed by atoms with Crippen LogP contribution in [0.15, 0.2) is 0 Å². The van der Waals surface area contributed by atoms with E-state index in [1.807, 2.05) is 0 Å². The number of cyclic esters (lactones) is 1. The summed E-state index contributed by atoms with van der Waals surface area (Å²) in [5.41, 5.74) is 0. The molecule has 1 amide bonds. The van der Waals surface area contributed by atoms with Gasteiger partial charge in [-0.3, -0.25) is 0 Å². The first-order valence-corrected chi connectivity index (χ1v) is 9.86. The maximum absolute atomic E-state index is 11.1. The van der Waals surface area contributed by atoms with Crippen molar-refractivity contribution in [3.63, 3.8) is 0 Å². The van der Waals surface area contributed by atoms with Crippen molar-refractivity contribution >= 4 is 6.09 Å². The Labute approximate surface area is 142 Å². The second-order valence-corrected chi connectivity index (χ2v) is 6.91. The topological polar surface area (TPSA) is 58.6 Å². The van der Waals surface area contributed by atoms with Crippen molar-refractivity contribution in [1.82, 2.24) is 5.32 Å². The zero-order valence-electron chi connectivity index (χ0n) is 15.0. The quantitative estimate of drug-likeness (QED) is 0.419. The van der Waals surface area contributed by atoms with Crippen LogP contribution >= 0.6 is 0 Å². The summed E-state index contributed by atoms with van der Waals surface area (Å²) in [5.74, 6) is 0. The molecule has 23 heavy (non-hydrogen) atoms. The van der Waals surface area contributed by atoms with Crippen LogP contribution in [0.3, 0.4) is 0 Å². The molecule has 0 aromatic carbocycles. The zero-order chi connectivity index (χ0) is 16.8. The molecule has 4 nitrogen and oxygen atoms in total. The number of ether oxygens (including phenoxy) is 1. The Morgan fingerprint density at radius 2 is 1.35 bits per heavy atom. The number of aliphatic hydroxyl groups excluding tert-OH is 1. The Hall–Kier alpha value is -0.770. The van der Waals surface area contributed by atoms with Gasteiger partial charge in [-0.2, -0.15) is 0 Å². The molecule has 136 valence electrons. The van der Waals surface area contributed by atoms with E-state index >= 15 is 0 Å². The van der Waals surface area contributed by atoms with E-state index in [-0.39, 0.29) is 24.8 Å². The molecule has 0 aromatic rings. The standard InChI is InChI=1S/C19H37NO3/c1-2-3-4-5-6-7-8-9-10-11-12-13-14-15-18-17(16-21)20-19(22)23-18/h17-18,21H,2-16H2,1H3,(H,20,22)/t17?,18-/m0/s1. The van der Waals surface area contributed by atoms with E-state index in [9.17, 15) is 4.79 Å². The maximum Gasteiger partial charge on any atom is 0.407 e. The summed E-state index contributed by atoms with van der Waals surface area (Å²) >= 11 is 0. The van der Waals surface area contributed by atoms with Crippen LogP contribution in [-0.4, -0.2) is 30.0 Å². The summed E-state index contributed by atoms with van der Waals surface area (Å²) in [6.07, 6.45) is 17.7. The Kier molecular flexibility index (Phi) is 12.0. The molecule has 0 bridgehead atoms. The van der Waals surface area contributed by atoms with Crippen LogP contribution in [0.1, 0.15) is 96.8 Å². The van der Waals surface area contributed by atoms with E-state index in [0.717, 1.165) is 12.8 Å². The number of carbonyl (C=O) groups excluding carboxylic acids is 1. The molecule has 0 saturated carbocycles. The SMILES string of the molecule is CCCCCCCCCCCCCCC[C@@H]1OC(=O)NC1CO. The highest BCUT2D eigenvalue weighted by Gasteiger charge is 2.32. The number of amides is 1. The third kappa shape index (κ3) is 9.85. The number of nitrogens with one attached hydrogen (secondary N) is 1. The number of carbonyl (C=O) groups is 1. The minimum atomic E-state index is -0.385. The molecule has 2 N–H and O–H groups in total. The predicted octanol–water partition coefficient (Wildman–Crippen LogP) is 4.94. The number of rotatable bonds is 15. The third-order valence-electron chi connectivity index (χ3n) is 4.80. The highest BCUT2D eigenvalue weighted by Crippen LogP contribution is 2.17. The highest BCUT2D eigenvalue weighted by molar-refractivity contribution is 5.70. The van der Waals surface area contributed by atoms with Crippen molar-refractivity contribution in [1.29, 1.82) is 0 Å². The predicted molar refractivity (Wildman–Crippen MR) is 94.6 cm³/mol. The number of hydrogen-bond acceptors (Lipinski definition) is 3. The monoisotopic (exact) mass is 327 g/mol. The zero-order valence-corrected chi connectivity index (χ0v) is 15.0. The van der Waals surface area contributed by atoms with Crippen molar-refractivity contribution in [3.8, 4) is 0 Å². The molecule has 0 aliphatic carbocycles. The second-order valence-electron chi connectivity index (χ2n) is 6.91. The first-order chi connectivity index (χ1) is 11.3. The van der Waals surface area contributed by atoms with E-state index in [1.54, 1.807) is 0 Å². The largest absolute Gasteiger partial charge is 0.444 e. The molecule has 1 unspecified atom stereocenters. The lowest BCUT2D eigenvalue weighted by atomic mass is 10.0. The van der Waals surface area contributed by atoms with Crippen molar-refractivity contribution in [3.05, 3.63) is 0 Å². The average molecular weight is 328 g/mol. The fourth-order valence-electron chi connectivity index (χ4n) is 3.28. The Bertz CT molecular complexity index is 296. The van der Waals surface area contributed by atoms with Crippen molar-refractivity contribution in [2.45, 2.75) is 109 Å². The van der Waals surface area contributed by atoms with Crippen LogP contribution in [0, 0.1) is 0 Å². The molecule has 0 aromatic heterocycles. The number of hydrogen-bond donors (Lipinski definition) is 2. The Morgan fingerprint density at radius 1 is 0.870 bits per heavy atom. The van der Waals surface area contributed by atoms with Gasteiger partial charge in [0.25, 0.3) is 0 Å². The highest BCUT2D eigenvalue weighted by atomic mass is 16.6. The fraction of sp³-hybridized carbons (Fsp3) is 0.947. The van der Waals surface area contributed by atoms with Crippen molar-refractivity contribution in [2.24, 2.45) is 0 Å². The van der Waals surface area contributed by atoms with Crippen molar-refractivity contribution < 1.29 is 14.6 Å². The summed E-state index contributed by atoms with van der Waals surface area (Å²) in [5, 5.41) is 11.8. The molecule has 1 rings (SSSR count). The summed E-state index contributed by atoms with van der Waals surface area (Å²) in [4.78, 5) is 11.1. The van der Waals surface area contributed by atoms with E-state index in [2.05, 4.69) is 12.2 Å². The minimum absolute atomic E-state index is 0.0329. The normalized spacial score (nSPS) is 20.5. The first-order valence-electron chi connectivity index (χ1n) is 9.86. The van der Waals surface area contributed by atoms with Gasteiger partial charge in [0.2, 0.25) is 0 Å². The third-order valence-corrected chi connectivity index (χ3v) is 4.80. The maximum atomic E-state index is 11.1. The van der Waals surface area contributed by atoms with Gasteiger partial charge in [-0.15, -0.1) is 0 Å². The number of aliphatic hydroxyl groups is 1. The van der Waals surface area contributed by atoms with Gasteiger partial charge in [-0.25, -0.2) is 4.79 Å². The van der Waals surface area contributed by atoms with Gasteiger partial charge in [-0.05, 0) is 12.8 Å². The van der Waals surface area contributed by atoms with Gasteiger partial charge >= 0.3 is 6.09 Å². The smallest absolute Gasteiger partial charge is 0.407 e. The minimum Gasteiger partial charge on any atom is -0.444 e. The Morgan fingerprint density at radius 3 is 1.83 bits per heavy atom. The molecule has 1 saturated heterocycles. The summed E-state index contributed by atoms with van der Waals surface area (Å²) in [7, 11) is 0. The van der Waals surface area contributed by atoms with E-state index in [4.69, 9.17) is 9.84 Å². The summed E-state index contributed by atoms with van der Waals surface area (Å²) in [6, 6.07) is -0.208. The average Bonchev–Trinajstić information content (AvgIpc) is 2.91. The van der Waals surface area contributed by atoms with Crippen LogP contribution in [0.4, 0.5) is 4.79 Å². The van der Waals surface area contributed by atoms with E-state index in [0.29, 0.717) is 0 Å². The van der Waals surface area contributed by atoms with Crippen LogP contribution in [0.2, 0.25) is 0 Å². The molecule has 1 heterocycles. The van der Waals surface area contributed by atoms with Crippen LogP contribution < -0.4 is 5.32 Å². The summed E-state index contributed by atoms with van der Waals surface area (Å²) in [6.45, 7) is 2.23. The van der Waals surface area contributed by atoms with Gasteiger partial charge in [0, 0.05) is 0 Å². The Balaban J connectivity index is 1.80. The molecular weight excluding hydrogens is 290 g/mol. The van der Waals surface area contributed by atoms with Crippen LogP contribution in [0.5, 0.6) is 0 Å². The summed E-state index contributed by atoms with van der Waals surface area (Å²) < 4.78 is 5.16. The molecular formula is C19H37NO3. The van der Waals surface area contributed by atoms with Gasteiger partial charge in [-0.1, -0.05) is 84.0 Å². The molecule has 1 aliphatic rings. The van der Waals surface area contributed by atoms with Gasteiger partial charge < -0.3 is 15.2 Å². The molecule has 1 aliphatic heterocycles. The second kappa shape index (κ2) is 13.6. The van der Waals surface area contributed by atoms with Gasteiger partial charge in [0.1, 0.15) is 6.10 Å². The lowest BCUT2D eigenvalue weighted by Crippen LogP contribution is -2.34. The van der Waals surface area contributed by atoms with E-state index in [1.165, 1.54) is 77.0 Å². The molecule has 0 radical (unpaired) electrons. The fourth-order valence-corrected chi connectivity index (χ4v) is 3.28. The molecule has 0 spiro atoms.